The van der Waals surface area contributed by atoms with Gasteiger partial charge in [0.25, 0.3) is 0 Å². The Morgan fingerprint density at radius 3 is 2.46 bits per heavy atom. The summed E-state index contributed by atoms with van der Waals surface area (Å²) in [4.78, 5) is 11.5. The molecular formula is C43H29N3OS. The summed E-state index contributed by atoms with van der Waals surface area (Å²) in [5.74, 6) is 0.982. The lowest BCUT2D eigenvalue weighted by Gasteiger charge is -2.16. The molecule has 1 aliphatic carbocycles. The highest BCUT2D eigenvalue weighted by molar-refractivity contribution is 8.00. The van der Waals surface area contributed by atoms with E-state index < -0.39 is 0 Å². The van der Waals surface area contributed by atoms with E-state index in [4.69, 9.17) is 14.4 Å². The molecule has 2 unspecified atom stereocenters. The summed E-state index contributed by atoms with van der Waals surface area (Å²) in [6, 6.07) is 42.9. The van der Waals surface area contributed by atoms with Crippen molar-refractivity contribution in [2.75, 3.05) is 5.32 Å². The maximum Gasteiger partial charge on any atom is 0.160 e. The first-order chi connectivity index (χ1) is 23.8. The quantitative estimate of drug-likeness (QED) is 0.195. The lowest BCUT2D eigenvalue weighted by atomic mass is 9.95. The molecule has 5 heteroatoms. The van der Waals surface area contributed by atoms with Crippen LogP contribution < -0.4 is 5.32 Å². The molecule has 6 aromatic carbocycles. The van der Waals surface area contributed by atoms with Crippen molar-refractivity contribution in [3.8, 4) is 22.6 Å². The maximum atomic E-state index is 6.42. The summed E-state index contributed by atoms with van der Waals surface area (Å²) in [5, 5.41) is 11.1. The lowest BCUT2D eigenvalue weighted by Crippen LogP contribution is -2.04. The van der Waals surface area contributed by atoms with E-state index in [2.05, 4.69) is 133 Å². The second-order valence-electron chi connectivity index (χ2n) is 12.5. The molecule has 1 aliphatic heterocycles. The first-order valence-corrected chi connectivity index (χ1v) is 17.3. The van der Waals surface area contributed by atoms with Crippen LogP contribution in [0.15, 0.2) is 155 Å². The molecule has 0 radical (unpaired) electrons. The largest absolute Gasteiger partial charge is 0.456 e. The second-order valence-corrected chi connectivity index (χ2v) is 13.7. The SMILES string of the molecule is C1=CCC(c2cc(-c3ccccc3)nc(-c3ccc4c(ccc5ccc6c(c54)NC(c4cccc5c4oc4ccccc45)S6)c3)n2)C=C1. The van der Waals surface area contributed by atoms with Crippen LogP contribution in [0.25, 0.3) is 66.1 Å². The summed E-state index contributed by atoms with van der Waals surface area (Å²) >= 11 is 1.85. The predicted molar refractivity (Wildman–Crippen MR) is 199 cm³/mol. The number of anilines is 1. The zero-order valence-electron chi connectivity index (χ0n) is 25.9. The molecule has 8 aromatic rings. The van der Waals surface area contributed by atoms with E-state index in [9.17, 15) is 0 Å². The third-order valence-corrected chi connectivity index (χ3v) is 10.8. The van der Waals surface area contributed by atoms with Crippen molar-refractivity contribution < 1.29 is 4.42 Å². The molecule has 1 N–H and O–H groups in total. The number of aromatic nitrogens is 2. The molecule has 0 fully saturated rings. The third-order valence-electron chi connectivity index (χ3n) is 9.63. The predicted octanol–water partition coefficient (Wildman–Crippen LogP) is 11.8. The summed E-state index contributed by atoms with van der Waals surface area (Å²) in [6.45, 7) is 0. The van der Waals surface area contributed by atoms with Gasteiger partial charge in [0, 0.05) is 43.7 Å². The van der Waals surface area contributed by atoms with E-state index in [1.807, 2.05) is 30.0 Å². The van der Waals surface area contributed by atoms with Crippen molar-refractivity contribution in [1.82, 2.24) is 9.97 Å². The Morgan fingerprint density at radius 1 is 0.688 bits per heavy atom. The molecule has 2 atom stereocenters. The first kappa shape index (κ1) is 27.5. The molecule has 3 heterocycles. The lowest BCUT2D eigenvalue weighted by molar-refractivity contribution is 0.663. The molecule has 228 valence electrons. The Balaban J connectivity index is 1.07. The highest BCUT2D eigenvalue weighted by Crippen LogP contribution is 2.52. The highest BCUT2D eigenvalue weighted by atomic mass is 32.2. The fraction of sp³-hybridized carbons (Fsp3) is 0.0698. The molecule has 10 rings (SSSR count). The van der Waals surface area contributed by atoms with Crippen LogP contribution in [0.4, 0.5) is 5.69 Å². The number of fused-ring (bicyclic) bond motifs is 8. The van der Waals surface area contributed by atoms with Crippen LogP contribution in [0.3, 0.4) is 0 Å². The Morgan fingerprint density at radius 2 is 1.54 bits per heavy atom. The van der Waals surface area contributed by atoms with Gasteiger partial charge in [-0.25, -0.2) is 9.97 Å². The Hall–Kier alpha value is -5.65. The first-order valence-electron chi connectivity index (χ1n) is 16.4. The topological polar surface area (TPSA) is 51.0 Å². The standard InChI is InChI=1S/C43H29N3OS/c1-3-10-26(11-4-1)35-25-36(27-12-5-2-6-13-27)45-42(44-35)30-20-22-31-29(24-30)19-18-28-21-23-38-40(39(28)31)46-43(48-38)34-16-9-15-33-32-14-7-8-17-37(32)47-41(33)34/h1-12,14-25,27,43,46H,13H2. The minimum Gasteiger partial charge on any atom is -0.456 e. The van der Waals surface area contributed by atoms with Crippen molar-refractivity contribution in [3.05, 3.63) is 157 Å². The van der Waals surface area contributed by atoms with Crippen LogP contribution >= 0.6 is 11.8 Å². The van der Waals surface area contributed by atoms with Gasteiger partial charge in [0.2, 0.25) is 0 Å². The van der Waals surface area contributed by atoms with Crippen LogP contribution in [0.1, 0.15) is 29.0 Å². The fourth-order valence-corrected chi connectivity index (χ4v) is 8.43. The number of rotatable bonds is 4. The number of nitrogens with zero attached hydrogens (tertiary/aromatic N) is 2. The molecule has 2 aromatic heterocycles. The molecule has 0 spiro atoms. The van der Waals surface area contributed by atoms with Gasteiger partial charge < -0.3 is 9.73 Å². The van der Waals surface area contributed by atoms with Crippen molar-refractivity contribution in [1.29, 1.82) is 0 Å². The Kier molecular flexibility index (Phi) is 6.27. The van der Waals surface area contributed by atoms with Crippen molar-refractivity contribution in [3.63, 3.8) is 0 Å². The van der Waals surface area contributed by atoms with Gasteiger partial charge in [-0.3, -0.25) is 0 Å². The van der Waals surface area contributed by atoms with E-state index in [-0.39, 0.29) is 11.3 Å². The molecule has 2 aliphatic rings. The van der Waals surface area contributed by atoms with Crippen LogP contribution in [0, 0.1) is 0 Å². The minimum atomic E-state index is 0.0422. The van der Waals surface area contributed by atoms with Gasteiger partial charge in [0.15, 0.2) is 5.82 Å². The molecule has 0 amide bonds. The van der Waals surface area contributed by atoms with E-state index in [0.29, 0.717) is 0 Å². The van der Waals surface area contributed by atoms with Crippen molar-refractivity contribution in [2.45, 2.75) is 22.6 Å². The average molecular weight is 636 g/mol. The molecule has 48 heavy (non-hydrogen) atoms. The van der Waals surface area contributed by atoms with Crippen LogP contribution in [-0.4, -0.2) is 9.97 Å². The van der Waals surface area contributed by atoms with Gasteiger partial charge in [-0.2, -0.15) is 0 Å². The normalized spacial score (nSPS) is 17.0. The highest BCUT2D eigenvalue weighted by Gasteiger charge is 2.28. The number of nitrogens with one attached hydrogen (secondary N) is 1. The summed E-state index contributed by atoms with van der Waals surface area (Å²) in [6.07, 6.45) is 9.61. The van der Waals surface area contributed by atoms with E-state index in [0.717, 1.165) is 62.3 Å². The number of allylic oxidation sites excluding steroid dienone is 4. The smallest absolute Gasteiger partial charge is 0.160 e. The van der Waals surface area contributed by atoms with Crippen molar-refractivity contribution in [2.24, 2.45) is 0 Å². The Bertz CT molecular complexity index is 2620. The third kappa shape index (κ3) is 4.46. The molecule has 0 saturated heterocycles. The monoisotopic (exact) mass is 635 g/mol. The summed E-state index contributed by atoms with van der Waals surface area (Å²) in [7, 11) is 0. The number of para-hydroxylation sites is 2. The number of hydrogen-bond donors (Lipinski definition) is 1. The van der Waals surface area contributed by atoms with Crippen molar-refractivity contribution >= 4 is 60.9 Å². The number of hydrogen-bond acceptors (Lipinski definition) is 5. The zero-order chi connectivity index (χ0) is 31.6. The maximum absolute atomic E-state index is 6.42. The van der Waals surface area contributed by atoms with Gasteiger partial charge >= 0.3 is 0 Å². The second kappa shape index (κ2) is 11.0. The molecule has 4 nitrogen and oxygen atoms in total. The molecular weight excluding hydrogens is 607 g/mol. The summed E-state index contributed by atoms with van der Waals surface area (Å²) in [5.41, 5.74) is 8.31. The van der Waals surface area contributed by atoms with Gasteiger partial charge in [-0.05, 0) is 46.8 Å². The van der Waals surface area contributed by atoms with E-state index in [1.165, 1.54) is 32.1 Å². The van der Waals surface area contributed by atoms with Crippen LogP contribution in [0.5, 0.6) is 0 Å². The van der Waals surface area contributed by atoms with Gasteiger partial charge in [0.05, 0.1) is 17.1 Å². The minimum absolute atomic E-state index is 0.0422. The molecule has 0 saturated carbocycles. The average Bonchev–Trinajstić information content (AvgIpc) is 3.77. The van der Waals surface area contributed by atoms with Gasteiger partial charge in [-0.1, -0.05) is 133 Å². The number of benzene rings is 6. The molecule has 0 bridgehead atoms. The number of thioether (sulfide) groups is 1. The van der Waals surface area contributed by atoms with Gasteiger partial charge in [0.1, 0.15) is 16.5 Å². The van der Waals surface area contributed by atoms with Crippen LogP contribution in [0.2, 0.25) is 0 Å². The number of furan rings is 1. The fourth-order valence-electron chi connectivity index (χ4n) is 7.26. The van der Waals surface area contributed by atoms with E-state index >= 15 is 0 Å². The Labute approximate surface area is 281 Å². The van der Waals surface area contributed by atoms with Crippen LogP contribution in [-0.2, 0) is 0 Å². The van der Waals surface area contributed by atoms with Gasteiger partial charge in [-0.15, -0.1) is 0 Å². The zero-order valence-corrected chi connectivity index (χ0v) is 26.7. The van der Waals surface area contributed by atoms with E-state index in [1.54, 1.807) is 0 Å². The summed E-state index contributed by atoms with van der Waals surface area (Å²) < 4.78 is 6.42.